The molecule has 0 aliphatic carbocycles. The molecule has 1 heterocycles. The minimum absolute atomic E-state index is 0.267. The Kier molecular flexibility index (Phi) is 2.13. The van der Waals surface area contributed by atoms with Crippen LogP contribution in [0.3, 0.4) is 0 Å². The largest absolute Gasteiger partial charge is 0.385 e. The molecule has 2 N–H and O–H groups in total. The van der Waals surface area contributed by atoms with Gasteiger partial charge in [0.15, 0.2) is 0 Å². The summed E-state index contributed by atoms with van der Waals surface area (Å²) in [6.45, 7) is 3.87. The van der Waals surface area contributed by atoms with Gasteiger partial charge in [-0.1, -0.05) is 0 Å². The predicted octanol–water partition coefficient (Wildman–Crippen LogP) is 0.491. The van der Waals surface area contributed by atoms with E-state index in [-0.39, 0.29) is 5.84 Å². The number of alkyl halides is 1. The van der Waals surface area contributed by atoms with Crippen LogP contribution in [0.4, 0.5) is 4.39 Å². The Balaban J connectivity index is 2.71. The maximum absolute atomic E-state index is 13.2. The SMILES string of the molecule is CC(C)(F)C1OCCN=C1N. The first-order valence-electron chi connectivity index (χ1n) is 3.62. The van der Waals surface area contributed by atoms with Gasteiger partial charge in [-0.3, -0.25) is 4.99 Å². The van der Waals surface area contributed by atoms with Crippen molar-refractivity contribution < 1.29 is 9.13 Å². The Morgan fingerprint density at radius 2 is 2.36 bits per heavy atom. The van der Waals surface area contributed by atoms with Crippen LogP contribution in [-0.2, 0) is 4.74 Å². The van der Waals surface area contributed by atoms with E-state index in [0.717, 1.165) is 0 Å². The average molecular weight is 160 g/mol. The molecule has 0 aromatic rings. The van der Waals surface area contributed by atoms with Crippen molar-refractivity contribution >= 4 is 5.84 Å². The van der Waals surface area contributed by atoms with E-state index in [1.54, 1.807) is 0 Å². The zero-order chi connectivity index (χ0) is 8.48. The zero-order valence-corrected chi connectivity index (χ0v) is 6.80. The van der Waals surface area contributed by atoms with Crippen LogP contribution < -0.4 is 5.73 Å². The lowest BCUT2D eigenvalue weighted by atomic mass is 10.0. The maximum atomic E-state index is 13.2. The third-order valence-corrected chi connectivity index (χ3v) is 1.56. The van der Waals surface area contributed by atoms with E-state index in [1.807, 2.05) is 0 Å². The second-order valence-corrected chi connectivity index (χ2v) is 3.12. The summed E-state index contributed by atoms with van der Waals surface area (Å²) in [6, 6.07) is 0. The molecule has 1 atom stereocenters. The molecule has 11 heavy (non-hydrogen) atoms. The van der Waals surface area contributed by atoms with Crippen molar-refractivity contribution in [2.45, 2.75) is 25.6 Å². The molecule has 0 saturated heterocycles. The van der Waals surface area contributed by atoms with Gasteiger partial charge in [0, 0.05) is 0 Å². The number of nitrogens with zero attached hydrogens (tertiary/aromatic N) is 1. The number of halogens is 1. The van der Waals surface area contributed by atoms with Crippen LogP contribution in [0, 0.1) is 0 Å². The molecule has 0 bridgehead atoms. The maximum Gasteiger partial charge on any atom is 0.147 e. The monoisotopic (exact) mass is 160 g/mol. The zero-order valence-electron chi connectivity index (χ0n) is 6.80. The van der Waals surface area contributed by atoms with Crippen molar-refractivity contribution in [1.29, 1.82) is 0 Å². The fourth-order valence-electron chi connectivity index (χ4n) is 1.06. The highest BCUT2D eigenvalue weighted by molar-refractivity contribution is 5.86. The van der Waals surface area contributed by atoms with Crippen LogP contribution in [0.15, 0.2) is 4.99 Å². The molecule has 1 rings (SSSR count). The summed E-state index contributed by atoms with van der Waals surface area (Å²) in [7, 11) is 0. The van der Waals surface area contributed by atoms with Crippen LogP contribution >= 0.6 is 0 Å². The quantitative estimate of drug-likeness (QED) is 0.606. The fraction of sp³-hybridized carbons (Fsp3) is 0.857. The minimum atomic E-state index is -1.44. The first-order valence-corrected chi connectivity index (χ1v) is 3.62. The average Bonchev–Trinajstić information content (AvgIpc) is 1.86. The highest BCUT2D eigenvalue weighted by Crippen LogP contribution is 2.19. The second-order valence-electron chi connectivity index (χ2n) is 3.12. The molecular weight excluding hydrogens is 147 g/mol. The van der Waals surface area contributed by atoms with Crippen molar-refractivity contribution in [3.63, 3.8) is 0 Å². The van der Waals surface area contributed by atoms with Gasteiger partial charge >= 0.3 is 0 Å². The van der Waals surface area contributed by atoms with E-state index in [0.29, 0.717) is 13.2 Å². The molecule has 0 saturated carbocycles. The summed E-state index contributed by atoms with van der Waals surface area (Å²) < 4.78 is 18.4. The van der Waals surface area contributed by atoms with Crippen LogP contribution in [0.1, 0.15) is 13.8 Å². The van der Waals surface area contributed by atoms with E-state index < -0.39 is 11.8 Å². The van der Waals surface area contributed by atoms with Gasteiger partial charge in [-0.15, -0.1) is 0 Å². The Morgan fingerprint density at radius 3 is 2.73 bits per heavy atom. The van der Waals surface area contributed by atoms with Gasteiger partial charge < -0.3 is 10.5 Å². The van der Waals surface area contributed by atoms with Gasteiger partial charge in [0.05, 0.1) is 13.2 Å². The lowest BCUT2D eigenvalue weighted by molar-refractivity contribution is -0.00542. The van der Waals surface area contributed by atoms with E-state index in [1.165, 1.54) is 13.8 Å². The molecular formula is C7H13FN2O. The van der Waals surface area contributed by atoms with Gasteiger partial charge in [-0.25, -0.2) is 4.39 Å². The Labute approximate surface area is 65.4 Å². The molecule has 0 spiro atoms. The normalized spacial score (nSPS) is 26.5. The summed E-state index contributed by atoms with van der Waals surface area (Å²) in [5, 5.41) is 0. The highest BCUT2D eigenvalue weighted by atomic mass is 19.1. The van der Waals surface area contributed by atoms with Crippen LogP contribution in [0.25, 0.3) is 0 Å². The Morgan fingerprint density at radius 1 is 1.73 bits per heavy atom. The highest BCUT2D eigenvalue weighted by Gasteiger charge is 2.34. The van der Waals surface area contributed by atoms with Gasteiger partial charge in [0.2, 0.25) is 0 Å². The van der Waals surface area contributed by atoms with Crippen LogP contribution in [0.2, 0.25) is 0 Å². The summed E-state index contributed by atoms with van der Waals surface area (Å²) in [4.78, 5) is 3.91. The minimum Gasteiger partial charge on any atom is -0.385 e. The summed E-state index contributed by atoms with van der Waals surface area (Å²) in [6.07, 6.45) is -0.670. The molecule has 0 fully saturated rings. The number of aliphatic imine (C=N–C) groups is 1. The molecule has 1 unspecified atom stereocenters. The van der Waals surface area contributed by atoms with E-state index in [2.05, 4.69) is 4.99 Å². The molecule has 4 heteroatoms. The first-order chi connectivity index (χ1) is 5.02. The van der Waals surface area contributed by atoms with Crippen LogP contribution in [0.5, 0.6) is 0 Å². The van der Waals surface area contributed by atoms with Gasteiger partial charge in [-0.05, 0) is 13.8 Å². The molecule has 1 aliphatic rings. The lowest BCUT2D eigenvalue weighted by Crippen LogP contribution is -2.47. The predicted molar refractivity (Wildman–Crippen MR) is 41.4 cm³/mol. The van der Waals surface area contributed by atoms with Gasteiger partial charge in [0.25, 0.3) is 0 Å². The van der Waals surface area contributed by atoms with E-state index in [4.69, 9.17) is 10.5 Å². The second kappa shape index (κ2) is 2.77. The number of hydrogen-bond acceptors (Lipinski definition) is 3. The van der Waals surface area contributed by atoms with Crippen molar-refractivity contribution in [2.24, 2.45) is 10.7 Å². The topological polar surface area (TPSA) is 47.6 Å². The molecule has 1 aliphatic heterocycles. The van der Waals surface area contributed by atoms with Gasteiger partial charge in [0.1, 0.15) is 17.6 Å². The third kappa shape index (κ3) is 1.89. The molecule has 0 radical (unpaired) electrons. The first kappa shape index (κ1) is 8.46. The lowest BCUT2D eigenvalue weighted by Gasteiger charge is -2.28. The Hall–Kier alpha value is -0.640. The standard InChI is InChI=1S/C7H13FN2O/c1-7(2,8)5-6(9)10-3-4-11-5/h5H,3-4H2,1-2H3,(H2,9,10). The van der Waals surface area contributed by atoms with Crippen molar-refractivity contribution in [3.05, 3.63) is 0 Å². The molecule has 64 valence electrons. The third-order valence-electron chi connectivity index (χ3n) is 1.56. The smallest absolute Gasteiger partial charge is 0.147 e. The number of hydrogen-bond donors (Lipinski definition) is 1. The number of rotatable bonds is 1. The van der Waals surface area contributed by atoms with Crippen molar-refractivity contribution in [3.8, 4) is 0 Å². The number of amidine groups is 1. The van der Waals surface area contributed by atoms with Gasteiger partial charge in [-0.2, -0.15) is 0 Å². The van der Waals surface area contributed by atoms with Crippen molar-refractivity contribution in [2.75, 3.05) is 13.2 Å². The number of nitrogens with two attached hydrogens (primary N) is 1. The van der Waals surface area contributed by atoms with E-state index in [9.17, 15) is 4.39 Å². The van der Waals surface area contributed by atoms with Crippen LogP contribution in [-0.4, -0.2) is 30.8 Å². The summed E-state index contributed by atoms with van der Waals surface area (Å²) in [5.74, 6) is 0.267. The molecule has 0 amide bonds. The van der Waals surface area contributed by atoms with Crippen molar-refractivity contribution in [1.82, 2.24) is 0 Å². The molecule has 3 nitrogen and oxygen atoms in total. The Bertz CT molecular complexity index is 174. The summed E-state index contributed by atoms with van der Waals surface area (Å²) >= 11 is 0. The molecule has 0 aromatic heterocycles. The number of ether oxygens (including phenoxy) is 1. The summed E-state index contributed by atoms with van der Waals surface area (Å²) in [5.41, 5.74) is 4.01. The fourth-order valence-corrected chi connectivity index (χ4v) is 1.06. The molecule has 0 aromatic carbocycles. The van der Waals surface area contributed by atoms with E-state index >= 15 is 0 Å².